The molecule has 2 saturated heterocycles. The van der Waals surface area contributed by atoms with Crippen LogP contribution in [-0.4, -0.2) is 78.6 Å². The Kier molecular flexibility index (Phi) is 6.84. The fraction of sp³-hybridized carbons (Fsp3) is 0.478. The zero-order valence-corrected chi connectivity index (χ0v) is 22.0. The van der Waals surface area contributed by atoms with Gasteiger partial charge >= 0.3 is 12.2 Å². The molecular weight excluding hydrogens is 533 g/mol. The van der Waals surface area contributed by atoms with Crippen molar-refractivity contribution in [2.45, 2.75) is 48.3 Å². The van der Waals surface area contributed by atoms with E-state index < -0.39 is 45.3 Å². The van der Waals surface area contributed by atoms with E-state index in [1.165, 1.54) is 39.5 Å². The van der Waals surface area contributed by atoms with Gasteiger partial charge in [-0.05, 0) is 49.9 Å². The van der Waals surface area contributed by atoms with Crippen LogP contribution in [0.3, 0.4) is 0 Å². The number of alkyl halides is 3. The second kappa shape index (κ2) is 9.26. The van der Waals surface area contributed by atoms with Gasteiger partial charge in [0.1, 0.15) is 9.75 Å². The number of nitrogens with one attached hydrogen (secondary N) is 1. The van der Waals surface area contributed by atoms with Gasteiger partial charge in [-0.2, -0.15) is 17.5 Å². The van der Waals surface area contributed by atoms with Gasteiger partial charge < -0.3 is 14.9 Å². The van der Waals surface area contributed by atoms with Crippen LogP contribution in [0.5, 0.6) is 0 Å². The quantitative estimate of drug-likeness (QED) is 0.526. The van der Waals surface area contributed by atoms with Crippen LogP contribution in [0.2, 0.25) is 0 Å². The van der Waals surface area contributed by atoms with Crippen molar-refractivity contribution >= 4 is 39.0 Å². The first-order valence-corrected chi connectivity index (χ1v) is 13.7. The first-order chi connectivity index (χ1) is 17.1. The van der Waals surface area contributed by atoms with Gasteiger partial charge in [0.2, 0.25) is 0 Å². The van der Waals surface area contributed by atoms with Gasteiger partial charge in [0, 0.05) is 31.9 Å². The molecule has 14 heteroatoms. The number of benzene rings is 1. The van der Waals surface area contributed by atoms with Crippen LogP contribution in [-0.2, 0) is 20.4 Å². The monoisotopic (exact) mass is 560 g/mol. The largest absolute Gasteiger partial charge is 0.421 e. The fourth-order valence-electron chi connectivity index (χ4n) is 4.44. The number of amides is 3. The van der Waals surface area contributed by atoms with Gasteiger partial charge in [0.15, 0.2) is 5.60 Å². The molecule has 37 heavy (non-hydrogen) atoms. The molecule has 2 atom stereocenters. The van der Waals surface area contributed by atoms with Crippen molar-refractivity contribution < 1.29 is 36.3 Å². The zero-order valence-electron chi connectivity index (χ0n) is 20.3. The number of rotatable bonds is 6. The highest BCUT2D eigenvalue weighted by molar-refractivity contribution is 7.91. The van der Waals surface area contributed by atoms with Crippen LogP contribution in [0.4, 0.5) is 23.7 Å². The van der Waals surface area contributed by atoms with Crippen molar-refractivity contribution in [3.63, 3.8) is 0 Å². The number of halogens is 3. The van der Waals surface area contributed by atoms with E-state index in [1.54, 1.807) is 30.2 Å². The summed E-state index contributed by atoms with van der Waals surface area (Å²) < 4.78 is 67.7. The second-order valence-corrected chi connectivity index (χ2v) is 12.8. The van der Waals surface area contributed by atoms with Crippen LogP contribution in [0.15, 0.2) is 46.0 Å². The SMILES string of the molecule is CC1(C)C(=O)NC(=O)N1C[C@H]1CN(S(=O)(=O)c2cccs2)CCN1c1ccc([C@](C)(O)C(F)(F)F)cc1. The molecular formula is C23H27F3N4O5S2. The van der Waals surface area contributed by atoms with E-state index in [0.717, 1.165) is 11.3 Å². The fourth-order valence-corrected chi connectivity index (χ4v) is 7.05. The highest BCUT2D eigenvalue weighted by atomic mass is 32.2. The number of anilines is 1. The molecule has 1 aromatic carbocycles. The smallest absolute Gasteiger partial charge is 0.376 e. The summed E-state index contributed by atoms with van der Waals surface area (Å²) in [5.41, 5.74) is -4.07. The average molecular weight is 561 g/mol. The third kappa shape index (κ3) is 4.82. The normalized spacial score (nSPS) is 22.7. The van der Waals surface area contributed by atoms with Crippen LogP contribution >= 0.6 is 11.3 Å². The first kappa shape index (κ1) is 27.4. The molecule has 3 heterocycles. The lowest BCUT2D eigenvalue weighted by Gasteiger charge is -2.44. The minimum Gasteiger partial charge on any atom is -0.376 e. The number of sulfonamides is 1. The number of aliphatic hydroxyl groups is 1. The molecule has 2 N–H and O–H groups in total. The highest BCUT2D eigenvalue weighted by Gasteiger charge is 2.51. The lowest BCUT2D eigenvalue weighted by atomic mass is 9.95. The Morgan fingerprint density at radius 1 is 1.14 bits per heavy atom. The van der Waals surface area contributed by atoms with E-state index in [-0.39, 0.29) is 36.0 Å². The van der Waals surface area contributed by atoms with Gasteiger partial charge in [0.25, 0.3) is 15.9 Å². The summed E-state index contributed by atoms with van der Waals surface area (Å²) in [6.45, 7) is 4.09. The van der Waals surface area contributed by atoms with E-state index in [2.05, 4.69) is 5.32 Å². The summed E-state index contributed by atoms with van der Waals surface area (Å²) in [6, 6.07) is 7.10. The number of carbonyl (C=O) groups is 2. The van der Waals surface area contributed by atoms with Crippen molar-refractivity contribution in [2.24, 2.45) is 0 Å². The minimum absolute atomic E-state index is 0.0109. The van der Waals surface area contributed by atoms with Gasteiger partial charge in [-0.1, -0.05) is 18.2 Å². The molecule has 2 fully saturated rings. The van der Waals surface area contributed by atoms with E-state index in [9.17, 15) is 36.3 Å². The number of carbonyl (C=O) groups excluding carboxylic acids is 2. The Bertz CT molecular complexity index is 1280. The maximum atomic E-state index is 13.3. The minimum atomic E-state index is -4.87. The summed E-state index contributed by atoms with van der Waals surface area (Å²) in [5, 5.41) is 13.9. The molecule has 0 saturated carbocycles. The third-order valence-corrected chi connectivity index (χ3v) is 10.2. The number of urea groups is 1. The van der Waals surface area contributed by atoms with E-state index in [1.807, 2.05) is 0 Å². The van der Waals surface area contributed by atoms with Crippen molar-refractivity contribution in [2.75, 3.05) is 31.1 Å². The molecule has 0 aliphatic carbocycles. The Hall–Kier alpha value is -2.68. The number of hydrogen-bond acceptors (Lipinski definition) is 7. The molecule has 3 amide bonds. The molecule has 2 aliphatic heterocycles. The standard InChI is InChI=1S/C23H27F3N4O5S2/c1-21(2)19(31)27-20(32)30(21)14-17-13-28(37(34,35)18-5-4-12-36-18)10-11-29(17)16-8-6-15(7-9-16)22(3,33)23(24,25)26/h4-9,12,17,33H,10-11,13-14H2,1-3H3,(H,27,31,32)/t17-,22+/m1/s1. The Morgan fingerprint density at radius 3 is 2.30 bits per heavy atom. The molecule has 0 radical (unpaired) electrons. The molecule has 2 aliphatic rings. The lowest BCUT2D eigenvalue weighted by molar-refractivity contribution is -0.258. The number of piperazine rings is 1. The van der Waals surface area contributed by atoms with Gasteiger partial charge in [-0.3, -0.25) is 10.1 Å². The van der Waals surface area contributed by atoms with E-state index in [4.69, 9.17) is 0 Å². The number of thiophene rings is 1. The maximum Gasteiger partial charge on any atom is 0.421 e. The molecule has 4 rings (SSSR count). The maximum absolute atomic E-state index is 13.3. The molecule has 2 aromatic rings. The van der Waals surface area contributed by atoms with E-state index in [0.29, 0.717) is 12.6 Å². The van der Waals surface area contributed by atoms with Crippen LogP contribution in [0.25, 0.3) is 0 Å². The van der Waals surface area contributed by atoms with Crippen molar-refractivity contribution in [3.05, 3.63) is 47.3 Å². The number of nitrogens with zero attached hydrogens (tertiary/aromatic N) is 3. The molecule has 202 valence electrons. The number of imide groups is 1. The topological polar surface area (TPSA) is 110 Å². The van der Waals surface area contributed by atoms with E-state index >= 15 is 0 Å². The predicted octanol–water partition coefficient (Wildman–Crippen LogP) is 2.73. The first-order valence-electron chi connectivity index (χ1n) is 11.4. The molecule has 9 nitrogen and oxygen atoms in total. The summed E-state index contributed by atoms with van der Waals surface area (Å²) in [6.07, 6.45) is -4.87. The molecule has 0 bridgehead atoms. The zero-order chi connectivity index (χ0) is 27.4. The predicted molar refractivity (Wildman–Crippen MR) is 131 cm³/mol. The third-order valence-electron chi connectivity index (χ3n) is 6.94. The second-order valence-electron chi connectivity index (χ2n) is 9.69. The van der Waals surface area contributed by atoms with Crippen LogP contribution in [0, 0.1) is 0 Å². The lowest BCUT2D eigenvalue weighted by Crippen LogP contribution is -2.60. The molecule has 1 aromatic heterocycles. The van der Waals surface area contributed by atoms with Gasteiger partial charge in [-0.15, -0.1) is 11.3 Å². The van der Waals surface area contributed by atoms with Crippen LogP contribution < -0.4 is 10.2 Å². The summed E-state index contributed by atoms with van der Waals surface area (Å²) >= 11 is 1.08. The Morgan fingerprint density at radius 2 is 1.78 bits per heavy atom. The average Bonchev–Trinajstić information content (AvgIpc) is 3.43. The van der Waals surface area contributed by atoms with Gasteiger partial charge in [-0.25, -0.2) is 13.2 Å². The number of hydrogen-bond donors (Lipinski definition) is 2. The summed E-state index contributed by atoms with van der Waals surface area (Å²) in [7, 11) is -3.81. The molecule has 0 spiro atoms. The van der Waals surface area contributed by atoms with Crippen molar-refractivity contribution in [1.82, 2.24) is 14.5 Å². The Balaban J connectivity index is 1.66. The summed E-state index contributed by atoms with van der Waals surface area (Å²) in [5.74, 6) is -0.485. The molecule has 0 unspecified atom stereocenters. The summed E-state index contributed by atoms with van der Waals surface area (Å²) in [4.78, 5) is 28.0. The Labute approximate surface area is 216 Å². The van der Waals surface area contributed by atoms with Crippen LogP contribution in [0.1, 0.15) is 26.3 Å². The van der Waals surface area contributed by atoms with Crippen molar-refractivity contribution in [1.29, 1.82) is 0 Å². The van der Waals surface area contributed by atoms with Gasteiger partial charge in [0.05, 0.1) is 6.04 Å². The highest BCUT2D eigenvalue weighted by Crippen LogP contribution is 2.39. The van der Waals surface area contributed by atoms with Crippen molar-refractivity contribution in [3.8, 4) is 0 Å².